The van der Waals surface area contributed by atoms with Crippen LogP contribution in [0.4, 0.5) is 0 Å². The molecule has 3 nitrogen and oxygen atoms in total. The summed E-state index contributed by atoms with van der Waals surface area (Å²) in [4.78, 5) is 16.0. The Morgan fingerprint density at radius 2 is 1.65 bits per heavy atom. The Labute approximate surface area is 150 Å². The lowest BCUT2D eigenvalue weighted by molar-refractivity contribution is 1.17. The number of nitrogens with zero attached hydrogens (tertiary/aromatic N) is 1. The van der Waals surface area contributed by atoms with Gasteiger partial charge in [0.2, 0.25) is 0 Å². The largest absolute Gasteiger partial charge is 0.319 e. The van der Waals surface area contributed by atoms with E-state index < -0.39 is 0 Å². The molecule has 3 aromatic carbocycles. The van der Waals surface area contributed by atoms with Crippen molar-refractivity contribution in [2.24, 2.45) is 0 Å². The number of benzene rings is 3. The first kappa shape index (κ1) is 15.0. The lowest BCUT2D eigenvalue weighted by Crippen LogP contribution is -2.11. The highest BCUT2D eigenvalue weighted by Crippen LogP contribution is 2.30. The van der Waals surface area contributed by atoms with Crippen molar-refractivity contribution < 1.29 is 0 Å². The molecule has 0 bridgehead atoms. The van der Waals surface area contributed by atoms with E-state index in [9.17, 15) is 4.79 Å². The van der Waals surface area contributed by atoms with Gasteiger partial charge in [-0.25, -0.2) is 0 Å². The van der Waals surface area contributed by atoms with Crippen molar-refractivity contribution in [2.45, 2.75) is 13.3 Å². The van der Waals surface area contributed by atoms with Crippen LogP contribution in [-0.4, -0.2) is 9.38 Å². The number of aryl methyl sites for hydroxylation is 1. The summed E-state index contributed by atoms with van der Waals surface area (Å²) in [6, 6.07) is 24.7. The van der Waals surface area contributed by atoms with Crippen molar-refractivity contribution in [3.8, 4) is 0 Å². The molecule has 0 radical (unpaired) electrons. The van der Waals surface area contributed by atoms with E-state index in [0.717, 1.165) is 39.4 Å². The molecule has 0 saturated carbocycles. The molecule has 126 valence electrons. The number of rotatable bonds is 2. The molecular weight excluding hydrogens is 320 g/mol. The molecule has 2 aromatic heterocycles. The Hall–Kier alpha value is -3.33. The van der Waals surface area contributed by atoms with E-state index in [4.69, 9.17) is 0 Å². The molecular formula is C23H18N2O. The predicted octanol–water partition coefficient (Wildman–Crippen LogP) is 4.83. The van der Waals surface area contributed by atoms with E-state index in [1.807, 2.05) is 36.4 Å². The van der Waals surface area contributed by atoms with Gasteiger partial charge in [0.1, 0.15) is 5.52 Å². The van der Waals surface area contributed by atoms with E-state index in [1.165, 1.54) is 11.1 Å². The molecule has 0 unspecified atom stereocenters. The molecule has 2 heterocycles. The number of para-hydroxylation sites is 2. The number of H-pyrrole nitrogens is 1. The maximum Gasteiger partial charge on any atom is 0.273 e. The second-order valence-corrected chi connectivity index (χ2v) is 6.82. The molecule has 1 N–H and O–H groups in total. The smallest absolute Gasteiger partial charge is 0.273 e. The van der Waals surface area contributed by atoms with Crippen LogP contribution in [0.1, 0.15) is 16.7 Å². The molecule has 0 spiro atoms. The molecule has 0 aliphatic carbocycles. The third-order valence-electron chi connectivity index (χ3n) is 5.06. The maximum atomic E-state index is 13.0. The fourth-order valence-corrected chi connectivity index (χ4v) is 3.89. The average Bonchev–Trinajstić information content (AvgIpc) is 2.97. The first-order valence-corrected chi connectivity index (χ1v) is 8.81. The minimum absolute atomic E-state index is 0.0384. The molecule has 0 atom stereocenters. The van der Waals surface area contributed by atoms with Crippen molar-refractivity contribution in [1.82, 2.24) is 9.38 Å². The topological polar surface area (TPSA) is 37.3 Å². The van der Waals surface area contributed by atoms with Crippen LogP contribution in [0.25, 0.3) is 27.5 Å². The van der Waals surface area contributed by atoms with Crippen LogP contribution in [0, 0.1) is 6.92 Å². The molecule has 0 aliphatic heterocycles. The van der Waals surface area contributed by atoms with Crippen LogP contribution in [0.2, 0.25) is 0 Å². The van der Waals surface area contributed by atoms with Crippen LogP contribution in [0.5, 0.6) is 0 Å². The predicted molar refractivity (Wildman–Crippen MR) is 107 cm³/mol. The Morgan fingerprint density at radius 1 is 0.885 bits per heavy atom. The summed E-state index contributed by atoms with van der Waals surface area (Å²) < 4.78 is 2.11. The third-order valence-corrected chi connectivity index (χ3v) is 5.06. The van der Waals surface area contributed by atoms with Gasteiger partial charge in [-0.05, 0) is 42.3 Å². The first-order valence-electron chi connectivity index (χ1n) is 8.81. The van der Waals surface area contributed by atoms with Crippen molar-refractivity contribution in [3.63, 3.8) is 0 Å². The highest BCUT2D eigenvalue weighted by Gasteiger charge is 2.17. The quantitative estimate of drug-likeness (QED) is 0.492. The van der Waals surface area contributed by atoms with Gasteiger partial charge in [0.15, 0.2) is 0 Å². The Bertz CT molecular complexity index is 1330. The van der Waals surface area contributed by atoms with Crippen LogP contribution in [-0.2, 0) is 6.42 Å². The van der Waals surface area contributed by atoms with Gasteiger partial charge in [0.25, 0.3) is 5.56 Å². The highest BCUT2D eigenvalue weighted by atomic mass is 16.1. The number of hydrogen-bond acceptors (Lipinski definition) is 1. The summed E-state index contributed by atoms with van der Waals surface area (Å²) in [7, 11) is 0. The zero-order valence-electron chi connectivity index (χ0n) is 14.5. The van der Waals surface area contributed by atoms with Crippen LogP contribution >= 0.6 is 0 Å². The van der Waals surface area contributed by atoms with E-state index >= 15 is 0 Å². The summed E-state index contributed by atoms with van der Waals surface area (Å²) >= 11 is 0. The van der Waals surface area contributed by atoms with E-state index in [-0.39, 0.29) is 5.56 Å². The van der Waals surface area contributed by atoms with Gasteiger partial charge in [-0.2, -0.15) is 0 Å². The van der Waals surface area contributed by atoms with E-state index in [0.29, 0.717) is 0 Å². The molecule has 3 heteroatoms. The summed E-state index contributed by atoms with van der Waals surface area (Å²) in [5.41, 5.74) is 7.15. The molecule has 0 amide bonds. The van der Waals surface area contributed by atoms with Gasteiger partial charge >= 0.3 is 0 Å². The minimum atomic E-state index is -0.0384. The second-order valence-electron chi connectivity index (χ2n) is 6.82. The van der Waals surface area contributed by atoms with Crippen molar-refractivity contribution in [1.29, 1.82) is 0 Å². The monoisotopic (exact) mass is 338 g/mol. The first-order chi connectivity index (χ1) is 12.7. The van der Waals surface area contributed by atoms with E-state index in [2.05, 4.69) is 52.7 Å². The van der Waals surface area contributed by atoms with Gasteiger partial charge in [0, 0.05) is 11.8 Å². The van der Waals surface area contributed by atoms with E-state index in [1.54, 1.807) is 0 Å². The lowest BCUT2D eigenvalue weighted by Gasteiger charge is -2.05. The zero-order valence-corrected chi connectivity index (χ0v) is 14.5. The molecule has 5 aromatic rings. The Balaban J connectivity index is 1.97. The molecule has 5 rings (SSSR count). The summed E-state index contributed by atoms with van der Waals surface area (Å²) in [6.45, 7) is 2.09. The maximum absolute atomic E-state index is 13.0. The number of aromatic amines is 1. The average molecular weight is 338 g/mol. The van der Waals surface area contributed by atoms with Gasteiger partial charge in [0.05, 0.1) is 16.6 Å². The second kappa shape index (κ2) is 5.60. The van der Waals surface area contributed by atoms with Gasteiger partial charge in [-0.3, -0.25) is 4.79 Å². The zero-order chi connectivity index (χ0) is 17.7. The normalized spacial score (nSPS) is 11.6. The van der Waals surface area contributed by atoms with Gasteiger partial charge in [-0.15, -0.1) is 0 Å². The number of hydrogen-bond donors (Lipinski definition) is 1. The molecule has 0 saturated heterocycles. The lowest BCUT2D eigenvalue weighted by atomic mass is 10.0. The molecule has 26 heavy (non-hydrogen) atoms. The van der Waals surface area contributed by atoms with Crippen molar-refractivity contribution in [2.75, 3.05) is 0 Å². The van der Waals surface area contributed by atoms with Gasteiger partial charge < -0.3 is 9.38 Å². The highest BCUT2D eigenvalue weighted by molar-refractivity contribution is 5.97. The van der Waals surface area contributed by atoms with Crippen LogP contribution in [0.3, 0.4) is 0 Å². The molecule has 0 fully saturated rings. The van der Waals surface area contributed by atoms with Crippen molar-refractivity contribution in [3.05, 3.63) is 99.8 Å². The Kier molecular flexibility index (Phi) is 3.22. The third kappa shape index (κ3) is 2.17. The summed E-state index contributed by atoms with van der Waals surface area (Å²) in [5.74, 6) is 0. The van der Waals surface area contributed by atoms with Gasteiger partial charge in [-0.1, -0.05) is 54.1 Å². The minimum Gasteiger partial charge on any atom is -0.319 e. The standard InChI is InChI=1S/C23H18N2O/c1-15-11-12-20-17(13-15)18(14-16-7-3-2-4-8-16)22-23(26)24-19-9-5-6-10-21(19)25(20)22/h2-13H,14H2,1H3,(H,24,26). The fourth-order valence-electron chi connectivity index (χ4n) is 3.89. The summed E-state index contributed by atoms with van der Waals surface area (Å²) in [5, 5.41) is 1.15. The SMILES string of the molecule is Cc1ccc2c(c1)c(Cc1ccccc1)c1c(=O)[nH]c3ccccc3n12. The number of aromatic nitrogens is 2. The number of nitrogens with one attached hydrogen (secondary N) is 1. The van der Waals surface area contributed by atoms with Crippen LogP contribution in [0.15, 0.2) is 77.6 Å². The van der Waals surface area contributed by atoms with Crippen LogP contribution < -0.4 is 5.56 Å². The van der Waals surface area contributed by atoms with Crippen molar-refractivity contribution >= 4 is 27.5 Å². The molecule has 0 aliphatic rings. The Morgan fingerprint density at radius 3 is 2.50 bits per heavy atom. The number of fused-ring (bicyclic) bond motifs is 5. The summed E-state index contributed by atoms with van der Waals surface area (Å²) in [6.07, 6.45) is 0.735. The fraction of sp³-hybridized carbons (Fsp3) is 0.0870.